The van der Waals surface area contributed by atoms with Gasteiger partial charge in [0.1, 0.15) is 0 Å². The fourth-order valence-corrected chi connectivity index (χ4v) is 3.28. The van der Waals surface area contributed by atoms with Gasteiger partial charge in [-0.2, -0.15) is 0 Å². The summed E-state index contributed by atoms with van der Waals surface area (Å²) >= 11 is 2.89. The molecule has 0 atom stereocenters. The number of aromatic nitrogens is 2. The average molecular weight is 352 g/mol. The molecule has 0 aliphatic heterocycles. The maximum Gasteiger partial charge on any atom is 0.411 e. The Labute approximate surface area is 141 Å². The van der Waals surface area contributed by atoms with E-state index in [1.165, 1.54) is 11.3 Å². The first-order valence-corrected chi connectivity index (χ1v) is 8.74. The van der Waals surface area contributed by atoms with Gasteiger partial charge in [-0.1, -0.05) is 36.1 Å². The Bertz CT molecular complexity index is 690. The van der Waals surface area contributed by atoms with Crippen LogP contribution < -0.4 is 10.6 Å². The maximum atomic E-state index is 12.2. The highest BCUT2D eigenvalue weighted by Gasteiger charge is 2.11. The van der Waals surface area contributed by atoms with E-state index in [0.29, 0.717) is 16.4 Å². The van der Waals surface area contributed by atoms with Crippen molar-refractivity contribution in [1.82, 2.24) is 10.2 Å². The van der Waals surface area contributed by atoms with E-state index in [0.717, 1.165) is 10.1 Å². The van der Waals surface area contributed by atoms with Gasteiger partial charge < -0.3 is 4.74 Å². The lowest BCUT2D eigenvalue weighted by Gasteiger charge is -2.07. The van der Waals surface area contributed by atoms with Gasteiger partial charge in [0.2, 0.25) is 5.13 Å². The van der Waals surface area contributed by atoms with Crippen molar-refractivity contribution in [3.8, 4) is 0 Å². The predicted octanol–water partition coefficient (Wildman–Crippen LogP) is 3.47. The Morgan fingerprint density at radius 3 is 2.83 bits per heavy atom. The van der Waals surface area contributed by atoms with Gasteiger partial charge >= 0.3 is 6.09 Å². The van der Waals surface area contributed by atoms with Crippen molar-refractivity contribution in [2.75, 3.05) is 23.0 Å². The lowest BCUT2D eigenvalue weighted by Crippen LogP contribution is -2.15. The quantitative estimate of drug-likeness (QED) is 0.611. The summed E-state index contributed by atoms with van der Waals surface area (Å²) in [5.41, 5.74) is 0.884. The molecule has 2 rings (SSSR count). The maximum absolute atomic E-state index is 12.2. The molecule has 0 aliphatic rings. The van der Waals surface area contributed by atoms with Crippen LogP contribution in [0.1, 0.15) is 24.2 Å². The van der Waals surface area contributed by atoms with Crippen LogP contribution in [0, 0.1) is 0 Å². The predicted molar refractivity (Wildman–Crippen MR) is 91.3 cm³/mol. The average Bonchev–Trinajstić information content (AvgIpc) is 2.95. The fourth-order valence-electron chi connectivity index (χ4n) is 1.63. The second-order valence-electron chi connectivity index (χ2n) is 4.19. The molecule has 2 N–H and O–H groups in total. The third-order valence-corrected chi connectivity index (χ3v) is 4.40. The highest BCUT2D eigenvalue weighted by Crippen LogP contribution is 2.25. The summed E-state index contributed by atoms with van der Waals surface area (Å²) < 4.78 is 5.60. The van der Waals surface area contributed by atoms with Crippen LogP contribution in [0.15, 0.2) is 28.6 Å². The van der Waals surface area contributed by atoms with Crippen LogP contribution in [0.4, 0.5) is 15.6 Å². The number of carbonyl (C=O) groups is 2. The van der Waals surface area contributed by atoms with Gasteiger partial charge in [-0.3, -0.25) is 15.4 Å². The van der Waals surface area contributed by atoms with E-state index in [1.807, 2.05) is 6.92 Å². The van der Waals surface area contributed by atoms with E-state index in [2.05, 4.69) is 20.8 Å². The smallest absolute Gasteiger partial charge is 0.411 e. The van der Waals surface area contributed by atoms with Crippen LogP contribution in [0.5, 0.6) is 0 Å². The number of benzene rings is 1. The van der Waals surface area contributed by atoms with Crippen molar-refractivity contribution in [3.05, 3.63) is 29.8 Å². The summed E-state index contributed by atoms with van der Waals surface area (Å²) in [6, 6.07) is 6.56. The summed E-state index contributed by atoms with van der Waals surface area (Å²) in [5.74, 6) is 0.575. The Balaban J connectivity index is 2.02. The normalized spacial score (nSPS) is 10.2. The van der Waals surface area contributed by atoms with Crippen molar-refractivity contribution in [2.24, 2.45) is 0 Å². The molecule has 1 aromatic carbocycles. The first-order chi connectivity index (χ1) is 11.1. The Hall–Kier alpha value is -2.13. The molecule has 1 heterocycles. The number of nitrogens with zero attached hydrogens (tertiary/aromatic N) is 2. The molecular weight excluding hydrogens is 336 g/mol. The lowest BCUT2D eigenvalue weighted by molar-refractivity contribution is 0.102. The van der Waals surface area contributed by atoms with E-state index in [-0.39, 0.29) is 12.5 Å². The zero-order valence-electron chi connectivity index (χ0n) is 12.7. The van der Waals surface area contributed by atoms with Crippen molar-refractivity contribution >= 4 is 45.9 Å². The molecule has 23 heavy (non-hydrogen) atoms. The molecule has 2 amide bonds. The van der Waals surface area contributed by atoms with Gasteiger partial charge in [0.25, 0.3) is 5.91 Å². The monoisotopic (exact) mass is 352 g/mol. The summed E-state index contributed by atoms with van der Waals surface area (Å²) in [6.07, 6.45) is -0.560. The van der Waals surface area contributed by atoms with Gasteiger partial charge in [0, 0.05) is 11.3 Å². The molecule has 122 valence electrons. The van der Waals surface area contributed by atoms with E-state index < -0.39 is 6.09 Å². The van der Waals surface area contributed by atoms with Crippen molar-refractivity contribution in [1.29, 1.82) is 0 Å². The Kier molecular flexibility index (Phi) is 6.36. The van der Waals surface area contributed by atoms with Gasteiger partial charge in [-0.05, 0) is 30.9 Å². The van der Waals surface area contributed by atoms with Crippen molar-refractivity contribution in [3.63, 3.8) is 0 Å². The number of rotatable bonds is 6. The zero-order chi connectivity index (χ0) is 16.7. The van der Waals surface area contributed by atoms with Crippen LogP contribution in [0.25, 0.3) is 0 Å². The molecule has 0 aliphatic carbocycles. The molecule has 0 unspecified atom stereocenters. The number of amides is 2. The molecule has 2 aromatic rings. The Morgan fingerprint density at radius 2 is 2.09 bits per heavy atom. The molecule has 0 bridgehead atoms. The van der Waals surface area contributed by atoms with Crippen molar-refractivity contribution in [2.45, 2.75) is 18.2 Å². The fraction of sp³-hybridized carbons (Fsp3) is 0.286. The highest BCUT2D eigenvalue weighted by molar-refractivity contribution is 8.01. The van der Waals surface area contributed by atoms with Gasteiger partial charge in [0.05, 0.1) is 6.61 Å². The molecule has 0 saturated heterocycles. The van der Waals surface area contributed by atoms with E-state index in [9.17, 15) is 9.59 Å². The number of carbonyl (C=O) groups excluding carboxylic acids is 2. The third kappa shape index (κ3) is 5.22. The number of hydrogen-bond acceptors (Lipinski definition) is 7. The van der Waals surface area contributed by atoms with E-state index in [4.69, 9.17) is 4.74 Å². The first-order valence-electron chi connectivity index (χ1n) is 6.93. The largest absolute Gasteiger partial charge is 0.450 e. The SMILES string of the molecule is CCOC(=O)Nc1cccc(C(=O)Nc2nnc(SCC)s2)c1. The summed E-state index contributed by atoms with van der Waals surface area (Å²) in [7, 11) is 0. The standard InChI is InChI=1S/C14H16N4O3S2/c1-3-21-13(20)15-10-7-5-6-9(8-10)11(19)16-12-17-18-14(23-12)22-4-2/h5-8H,3-4H2,1-2H3,(H,15,20)(H,16,17,19). The molecule has 1 aromatic heterocycles. The first kappa shape index (κ1) is 17.2. The highest BCUT2D eigenvalue weighted by atomic mass is 32.2. The summed E-state index contributed by atoms with van der Waals surface area (Å²) in [6.45, 7) is 4.02. The van der Waals surface area contributed by atoms with E-state index >= 15 is 0 Å². The van der Waals surface area contributed by atoms with Crippen LogP contribution in [0.2, 0.25) is 0 Å². The molecule has 7 nitrogen and oxygen atoms in total. The minimum absolute atomic E-state index is 0.279. The van der Waals surface area contributed by atoms with Crippen molar-refractivity contribution < 1.29 is 14.3 Å². The second kappa shape index (κ2) is 8.49. The molecule has 0 saturated carbocycles. The summed E-state index contributed by atoms with van der Waals surface area (Å²) in [4.78, 5) is 23.6. The van der Waals surface area contributed by atoms with Gasteiger partial charge in [-0.15, -0.1) is 10.2 Å². The van der Waals surface area contributed by atoms with Gasteiger partial charge in [-0.25, -0.2) is 4.79 Å². The number of thioether (sulfide) groups is 1. The zero-order valence-corrected chi connectivity index (χ0v) is 14.3. The van der Waals surface area contributed by atoms with Crippen LogP contribution in [0.3, 0.4) is 0 Å². The van der Waals surface area contributed by atoms with Crippen LogP contribution in [-0.4, -0.2) is 34.6 Å². The molecular formula is C14H16N4O3S2. The molecule has 0 fully saturated rings. The summed E-state index contributed by atoms with van der Waals surface area (Å²) in [5, 5.41) is 13.6. The van der Waals surface area contributed by atoms with Crippen LogP contribution in [-0.2, 0) is 4.74 Å². The molecule has 0 spiro atoms. The number of hydrogen-bond donors (Lipinski definition) is 2. The van der Waals surface area contributed by atoms with Gasteiger partial charge in [0.15, 0.2) is 4.34 Å². The minimum Gasteiger partial charge on any atom is -0.450 e. The topological polar surface area (TPSA) is 93.2 Å². The van der Waals surface area contributed by atoms with E-state index in [1.54, 1.807) is 43.0 Å². The number of anilines is 2. The molecule has 0 radical (unpaired) electrons. The lowest BCUT2D eigenvalue weighted by atomic mass is 10.2. The van der Waals surface area contributed by atoms with Crippen LogP contribution >= 0.6 is 23.1 Å². The number of ether oxygens (including phenoxy) is 1. The second-order valence-corrected chi connectivity index (χ2v) is 6.68. The number of nitrogens with one attached hydrogen (secondary N) is 2. The third-order valence-electron chi connectivity index (χ3n) is 2.54. The Morgan fingerprint density at radius 1 is 1.26 bits per heavy atom. The minimum atomic E-state index is -0.560. The molecule has 9 heteroatoms.